The summed E-state index contributed by atoms with van der Waals surface area (Å²) >= 11 is 0. The molecule has 0 fully saturated rings. The molecule has 0 unspecified atom stereocenters. The number of nitrogens with zero attached hydrogens (tertiary/aromatic N) is 1. The standard InChI is InChI=1S/C11H8F2N4O2/c12-5-3-6(13)10(7(14)4-5)15-11(19)8-1-2-9(18)17-16-8/h1-4H,14H2,(H,15,19)(H,17,18). The van der Waals surface area contributed by atoms with Crippen LogP contribution in [0, 0.1) is 11.6 Å². The summed E-state index contributed by atoms with van der Waals surface area (Å²) in [5.41, 5.74) is 4.18. The Balaban J connectivity index is 2.29. The largest absolute Gasteiger partial charge is 0.397 e. The van der Waals surface area contributed by atoms with Crippen molar-refractivity contribution in [3.8, 4) is 0 Å². The van der Waals surface area contributed by atoms with E-state index in [9.17, 15) is 18.4 Å². The van der Waals surface area contributed by atoms with Gasteiger partial charge in [0.1, 0.15) is 17.2 Å². The van der Waals surface area contributed by atoms with Gasteiger partial charge in [0.05, 0.1) is 5.69 Å². The Labute approximate surface area is 105 Å². The summed E-state index contributed by atoms with van der Waals surface area (Å²) in [5, 5.41) is 7.67. The summed E-state index contributed by atoms with van der Waals surface area (Å²) in [4.78, 5) is 22.5. The number of carbonyl (C=O) groups is 1. The highest BCUT2D eigenvalue weighted by molar-refractivity contribution is 6.04. The Kier molecular flexibility index (Phi) is 3.23. The number of benzene rings is 1. The van der Waals surface area contributed by atoms with E-state index in [0.717, 1.165) is 18.2 Å². The van der Waals surface area contributed by atoms with Gasteiger partial charge in [0.15, 0.2) is 5.82 Å². The van der Waals surface area contributed by atoms with E-state index < -0.39 is 23.1 Å². The molecule has 0 aliphatic rings. The van der Waals surface area contributed by atoms with Crippen LogP contribution in [-0.2, 0) is 0 Å². The van der Waals surface area contributed by atoms with E-state index in [4.69, 9.17) is 5.73 Å². The Morgan fingerprint density at radius 2 is 2.05 bits per heavy atom. The van der Waals surface area contributed by atoms with Crippen molar-refractivity contribution in [3.63, 3.8) is 0 Å². The molecule has 0 radical (unpaired) electrons. The summed E-state index contributed by atoms with van der Waals surface area (Å²) in [6, 6.07) is 3.71. The molecule has 0 spiro atoms. The fourth-order valence-electron chi connectivity index (χ4n) is 1.37. The summed E-state index contributed by atoms with van der Waals surface area (Å²) in [7, 11) is 0. The highest BCUT2D eigenvalue weighted by Crippen LogP contribution is 2.24. The first-order valence-corrected chi connectivity index (χ1v) is 5.09. The van der Waals surface area contributed by atoms with Crippen molar-refractivity contribution >= 4 is 17.3 Å². The van der Waals surface area contributed by atoms with Gasteiger partial charge in [0.25, 0.3) is 11.5 Å². The van der Waals surface area contributed by atoms with Crippen molar-refractivity contribution in [2.24, 2.45) is 0 Å². The van der Waals surface area contributed by atoms with Gasteiger partial charge in [-0.3, -0.25) is 9.59 Å². The molecule has 2 aromatic rings. The van der Waals surface area contributed by atoms with E-state index in [1.165, 1.54) is 0 Å². The molecule has 0 aliphatic carbocycles. The van der Waals surface area contributed by atoms with Gasteiger partial charge in [-0.2, -0.15) is 5.10 Å². The first-order chi connectivity index (χ1) is 8.97. The smallest absolute Gasteiger partial charge is 0.276 e. The molecule has 2 rings (SSSR count). The van der Waals surface area contributed by atoms with Gasteiger partial charge in [0.2, 0.25) is 0 Å². The summed E-state index contributed by atoms with van der Waals surface area (Å²) in [5.74, 6) is -2.64. The lowest BCUT2D eigenvalue weighted by Gasteiger charge is -2.08. The lowest BCUT2D eigenvalue weighted by molar-refractivity contribution is 0.102. The van der Waals surface area contributed by atoms with Crippen LogP contribution in [0.1, 0.15) is 10.5 Å². The van der Waals surface area contributed by atoms with E-state index >= 15 is 0 Å². The third-order valence-corrected chi connectivity index (χ3v) is 2.24. The van der Waals surface area contributed by atoms with Gasteiger partial charge in [-0.15, -0.1) is 0 Å². The minimum Gasteiger partial charge on any atom is -0.397 e. The average molecular weight is 266 g/mol. The molecule has 1 aromatic heterocycles. The van der Waals surface area contributed by atoms with Crippen molar-refractivity contribution in [1.82, 2.24) is 10.2 Å². The van der Waals surface area contributed by atoms with Crippen LogP contribution in [0.5, 0.6) is 0 Å². The number of nitrogen functional groups attached to an aromatic ring is 1. The summed E-state index contributed by atoms with van der Waals surface area (Å²) in [6.07, 6.45) is 0. The van der Waals surface area contributed by atoms with Gasteiger partial charge in [-0.25, -0.2) is 13.9 Å². The van der Waals surface area contributed by atoms with E-state index in [1.807, 2.05) is 0 Å². The number of hydrogen-bond acceptors (Lipinski definition) is 4. The van der Waals surface area contributed by atoms with Gasteiger partial charge < -0.3 is 11.1 Å². The van der Waals surface area contributed by atoms with Crippen molar-refractivity contribution in [2.75, 3.05) is 11.1 Å². The van der Waals surface area contributed by atoms with Crippen molar-refractivity contribution in [2.45, 2.75) is 0 Å². The third kappa shape index (κ3) is 2.73. The fraction of sp³-hybridized carbons (Fsp3) is 0. The highest BCUT2D eigenvalue weighted by Gasteiger charge is 2.14. The number of halogens is 2. The number of aromatic amines is 1. The van der Waals surface area contributed by atoms with Crippen LogP contribution in [0.15, 0.2) is 29.1 Å². The number of carbonyl (C=O) groups excluding carboxylic acids is 1. The Morgan fingerprint density at radius 1 is 1.32 bits per heavy atom. The molecule has 8 heteroatoms. The maximum absolute atomic E-state index is 13.4. The van der Waals surface area contributed by atoms with E-state index in [-0.39, 0.29) is 17.1 Å². The van der Waals surface area contributed by atoms with Crippen LogP contribution in [0.4, 0.5) is 20.2 Å². The molecule has 1 amide bonds. The molecule has 19 heavy (non-hydrogen) atoms. The van der Waals surface area contributed by atoms with Gasteiger partial charge in [0, 0.05) is 12.1 Å². The molecular weight excluding hydrogens is 258 g/mol. The molecular formula is C11H8F2N4O2. The predicted molar refractivity (Wildman–Crippen MR) is 63.6 cm³/mol. The lowest BCUT2D eigenvalue weighted by atomic mass is 10.2. The second kappa shape index (κ2) is 4.84. The molecule has 6 nitrogen and oxygen atoms in total. The summed E-state index contributed by atoms with van der Waals surface area (Å²) < 4.78 is 26.3. The highest BCUT2D eigenvalue weighted by atomic mass is 19.1. The monoisotopic (exact) mass is 266 g/mol. The second-order valence-corrected chi connectivity index (χ2v) is 3.61. The number of nitrogens with one attached hydrogen (secondary N) is 2. The van der Waals surface area contributed by atoms with Crippen LogP contribution >= 0.6 is 0 Å². The molecule has 0 bridgehead atoms. The van der Waals surface area contributed by atoms with E-state index in [0.29, 0.717) is 6.07 Å². The van der Waals surface area contributed by atoms with Crippen molar-refractivity contribution in [1.29, 1.82) is 0 Å². The molecule has 1 aromatic carbocycles. The third-order valence-electron chi connectivity index (χ3n) is 2.24. The van der Waals surface area contributed by atoms with E-state index in [2.05, 4.69) is 15.5 Å². The predicted octanol–water partition coefficient (Wildman–Crippen LogP) is 0.883. The first kappa shape index (κ1) is 12.7. The number of nitrogens with two attached hydrogens (primary N) is 1. The fourth-order valence-corrected chi connectivity index (χ4v) is 1.37. The van der Waals surface area contributed by atoms with E-state index in [1.54, 1.807) is 0 Å². The molecule has 98 valence electrons. The van der Waals surface area contributed by atoms with Crippen LogP contribution in [0.2, 0.25) is 0 Å². The van der Waals surface area contributed by atoms with Crippen LogP contribution < -0.4 is 16.6 Å². The molecule has 4 N–H and O–H groups in total. The Hall–Kier alpha value is -2.77. The maximum Gasteiger partial charge on any atom is 0.276 e. The number of amides is 1. The summed E-state index contributed by atoms with van der Waals surface area (Å²) in [6.45, 7) is 0. The minimum atomic E-state index is -1.00. The van der Waals surface area contributed by atoms with Gasteiger partial charge in [-0.05, 0) is 12.1 Å². The number of hydrogen-bond donors (Lipinski definition) is 3. The zero-order valence-corrected chi connectivity index (χ0v) is 9.41. The van der Waals surface area contributed by atoms with Gasteiger partial charge >= 0.3 is 0 Å². The van der Waals surface area contributed by atoms with Crippen LogP contribution in [0.25, 0.3) is 0 Å². The van der Waals surface area contributed by atoms with Gasteiger partial charge in [-0.1, -0.05) is 0 Å². The quantitative estimate of drug-likeness (QED) is 0.702. The van der Waals surface area contributed by atoms with Crippen LogP contribution in [0.3, 0.4) is 0 Å². The normalized spacial score (nSPS) is 10.2. The van der Waals surface area contributed by atoms with Crippen LogP contribution in [-0.4, -0.2) is 16.1 Å². The van der Waals surface area contributed by atoms with Crippen molar-refractivity contribution in [3.05, 3.63) is 51.9 Å². The molecule has 0 saturated carbocycles. The Morgan fingerprint density at radius 3 is 2.63 bits per heavy atom. The Bertz CT molecular complexity index is 656. The topological polar surface area (TPSA) is 101 Å². The molecule has 1 heterocycles. The minimum absolute atomic E-state index is 0.136. The number of anilines is 2. The second-order valence-electron chi connectivity index (χ2n) is 3.61. The number of H-pyrrole nitrogens is 1. The SMILES string of the molecule is Nc1cc(F)cc(F)c1NC(=O)c1ccc(=O)[nH]n1. The molecule has 0 aliphatic heterocycles. The number of aromatic nitrogens is 2. The zero-order chi connectivity index (χ0) is 14.0. The van der Waals surface area contributed by atoms with Crippen molar-refractivity contribution < 1.29 is 13.6 Å². The number of rotatable bonds is 2. The molecule has 0 atom stereocenters. The lowest BCUT2D eigenvalue weighted by Crippen LogP contribution is -2.19. The molecule has 0 saturated heterocycles. The maximum atomic E-state index is 13.4. The average Bonchev–Trinajstić information content (AvgIpc) is 2.34. The zero-order valence-electron chi connectivity index (χ0n) is 9.41. The first-order valence-electron chi connectivity index (χ1n) is 5.09.